The number of aryl methyl sites for hydroxylation is 1. The van der Waals surface area contributed by atoms with Crippen LogP contribution in [0.3, 0.4) is 0 Å². The molecule has 1 N–H and O–H groups in total. The van der Waals surface area contributed by atoms with Crippen molar-refractivity contribution in [2.45, 2.75) is 20.0 Å². The summed E-state index contributed by atoms with van der Waals surface area (Å²) in [6.07, 6.45) is 0.636. The number of benzene rings is 3. The van der Waals surface area contributed by atoms with Crippen LogP contribution in [0.2, 0.25) is 5.02 Å². The zero-order valence-corrected chi connectivity index (χ0v) is 21.8. The van der Waals surface area contributed by atoms with Gasteiger partial charge in [0.15, 0.2) is 17.6 Å². The van der Waals surface area contributed by atoms with E-state index in [1.54, 1.807) is 49.4 Å². The number of rotatable bonds is 10. The monoisotopic (exact) mass is 526 g/mol. The number of methoxy groups -OCH3 is 3. The second-order valence-corrected chi connectivity index (χ2v) is 8.22. The molecule has 1 unspecified atom stereocenters. The lowest BCUT2D eigenvalue weighted by Gasteiger charge is -2.15. The first kappa shape index (κ1) is 27.3. The van der Waals surface area contributed by atoms with Gasteiger partial charge in [-0.15, -0.1) is 0 Å². The number of halogens is 1. The molecule has 10 heteroatoms. The van der Waals surface area contributed by atoms with E-state index in [9.17, 15) is 9.59 Å². The van der Waals surface area contributed by atoms with E-state index in [0.29, 0.717) is 33.6 Å². The van der Waals surface area contributed by atoms with Crippen molar-refractivity contribution < 1.29 is 33.3 Å². The van der Waals surface area contributed by atoms with Crippen molar-refractivity contribution in [3.05, 3.63) is 76.3 Å². The smallest absolute Gasteiger partial charge is 0.343 e. The van der Waals surface area contributed by atoms with Crippen molar-refractivity contribution in [2.24, 2.45) is 5.10 Å². The minimum Gasteiger partial charge on any atom is -0.493 e. The van der Waals surface area contributed by atoms with E-state index in [2.05, 4.69) is 10.5 Å². The molecule has 0 heterocycles. The molecule has 0 radical (unpaired) electrons. The number of esters is 1. The van der Waals surface area contributed by atoms with Gasteiger partial charge < -0.3 is 23.7 Å². The van der Waals surface area contributed by atoms with E-state index in [1.807, 2.05) is 6.92 Å². The summed E-state index contributed by atoms with van der Waals surface area (Å²) >= 11 is 5.95. The summed E-state index contributed by atoms with van der Waals surface area (Å²) < 4.78 is 27.0. The molecule has 0 bridgehead atoms. The van der Waals surface area contributed by atoms with Crippen LogP contribution in [0.15, 0.2) is 59.7 Å². The van der Waals surface area contributed by atoms with Crippen LogP contribution in [0.5, 0.6) is 28.7 Å². The standard InChI is InChI=1S/C27H27ClN2O7/c1-16-11-20(28)9-10-22(16)36-17(2)26(31)30-29-15-18-7-6-8-21(12-18)37-27(32)19-13-23(33-3)25(35-5)24(14-19)34-4/h6-15,17H,1-5H3,(H,30,31). The SMILES string of the molecule is COc1cc(C(=O)Oc2cccc(C=NNC(=O)C(C)Oc3ccc(Cl)cc3C)c2)cc(OC)c1OC. The fourth-order valence-electron chi connectivity index (χ4n) is 3.27. The van der Waals surface area contributed by atoms with Crippen molar-refractivity contribution >= 4 is 29.7 Å². The number of nitrogens with zero attached hydrogens (tertiary/aromatic N) is 1. The number of carbonyl (C=O) groups excluding carboxylic acids is 2. The van der Waals surface area contributed by atoms with Gasteiger partial charge >= 0.3 is 5.97 Å². The molecule has 3 aromatic rings. The molecule has 37 heavy (non-hydrogen) atoms. The minimum atomic E-state index is -0.789. The predicted molar refractivity (Wildman–Crippen MR) is 140 cm³/mol. The van der Waals surface area contributed by atoms with Crippen molar-refractivity contribution in [1.29, 1.82) is 0 Å². The molecule has 3 aromatic carbocycles. The largest absolute Gasteiger partial charge is 0.493 e. The number of ether oxygens (including phenoxy) is 5. The van der Waals surface area contributed by atoms with Gasteiger partial charge in [0.2, 0.25) is 5.75 Å². The fourth-order valence-corrected chi connectivity index (χ4v) is 3.50. The van der Waals surface area contributed by atoms with Crippen LogP contribution < -0.4 is 29.1 Å². The molecule has 0 saturated carbocycles. The van der Waals surface area contributed by atoms with Gasteiger partial charge in [-0.3, -0.25) is 4.79 Å². The lowest BCUT2D eigenvalue weighted by molar-refractivity contribution is -0.127. The van der Waals surface area contributed by atoms with Crippen LogP contribution in [-0.4, -0.2) is 45.5 Å². The Morgan fingerprint density at radius 3 is 2.27 bits per heavy atom. The molecule has 0 aliphatic rings. The Morgan fingerprint density at radius 2 is 1.65 bits per heavy atom. The maximum absolute atomic E-state index is 12.7. The van der Waals surface area contributed by atoms with Gasteiger partial charge in [-0.05, 0) is 67.4 Å². The van der Waals surface area contributed by atoms with Gasteiger partial charge in [0, 0.05) is 5.02 Å². The Bertz CT molecular complexity index is 1280. The first-order valence-corrected chi connectivity index (χ1v) is 11.5. The summed E-state index contributed by atoms with van der Waals surface area (Å²) in [5.41, 5.74) is 4.06. The number of hydrogen-bond acceptors (Lipinski definition) is 8. The predicted octanol–water partition coefficient (Wildman–Crippen LogP) is 4.81. The zero-order valence-electron chi connectivity index (χ0n) is 21.0. The first-order chi connectivity index (χ1) is 17.7. The lowest BCUT2D eigenvalue weighted by Crippen LogP contribution is -2.33. The van der Waals surface area contributed by atoms with Gasteiger partial charge in [-0.1, -0.05) is 23.7 Å². The highest BCUT2D eigenvalue weighted by molar-refractivity contribution is 6.30. The molecule has 9 nitrogen and oxygen atoms in total. The topological polar surface area (TPSA) is 105 Å². The summed E-state index contributed by atoms with van der Waals surface area (Å²) in [6.45, 7) is 3.45. The third-order valence-electron chi connectivity index (χ3n) is 5.17. The van der Waals surface area contributed by atoms with Crippen LogP contribution in [0.25, 0.3) is 0 Å². The van der Waals surface area contributed by atoms with Crippen molar-refractivity contribution in [3.8, 4) is 28.7 Å². The van der Waals surface area contributed by atoms with Gasteiger partial charge in [0.25, 0.3) is 5.91 Å². The van der Waals surface area contributed by atoms with Crippen molar-refractivity contribution in [3.63, 3.8) is 0 Å². The highest BCUT2D eigenvalue weighted by atomic mass is 35.5. The summed E-state index contributed by atoms with van der Waals surface area (Å²) in [5, 5.41) is 4.56. The van der Waals surface area contributed by atoms with E-state index in [1.165, 1.54) is 39.7 Å². The number of hydrogen-bond donors (Lipinski definition) is 1. The molecule has 0 saturated heterocycles. The number of nitrogens with one attached hydrogen (secondary N) is 1. The molecule has 0 aromatic heterocycles. The third-order valence-corrected chi connectivity index (χ3v) is 5.40. The van der Waals surface area contributed by atoms with Crippen LogP contribution in [0, 0.1) is 6.92 Å². The van der Waals surface area contributed by atoms with Crippen LogP contribution in [0.4, 0.5) is 0 Å². The molecule has 1 atom stereocenters. The summed E-state index contributed by atoms with van der Waals surface area (Å²) in [6, 6.07) is 14.8. The Hall–Kier alpha value is -4.24. The van der Waals surface area contributed by atoms with Gasteiger partial charge in [0.1, 0.15) is 11.5 Å². The third kappa shape index (κ3) is 7.14. The molecular formula is C27H27ClN2O7. The molecule has 0 fully saturated rings. The number of amides is 1. The Labute approximate surface area is 219 Å². The summed E-state index contributed by atoms with van der Waals surface area (Å²) in [5.74, 6) is 0.803. The second kappa shape index (κ2) is 12.6. The second-order valence-electron chi connectivity index (χ2n) is 7.78. The van der Waals surface area contributed by atoms with Gasteiger partial charge in [0.05, 0.1) is 33.1 Å². The molecular weight excluding hydrogens is 500 g/mol. The van der Waals surface area contributed by atoms with E-state index in [-0.39, 0.29) is 11.3 Å². The Morgan fingerprint density at radius 1 is 0.946 bits per heavy atom. The molecule has 1 amide bonds. The molecule has 3 rings (SSSR count). The quantitative estimate of drug-likeness (QED) is 0.175. The maximum atomic E-state index is 12.7. The van der Waals surface area contributed by atoms with Gasteiger partial charge in [-0.2, -0.15) is 5.10 Å². The van der Waals surface area contributed by atoms with E-state index in [0.717, 1.165) is 5.56 Å². The zero-order chi connectivity index (χ0) is 26.9. The number of hydrazone groups is 1. The van der Waals surface area contributed by atoms with Crippen molar-refractivity contribution in [1.82, 2.24) is 5.43 Å². The van der Waals surface area contributed by atoms with Crippen LogP contribution >= 0.6 is 11.6 Å². The van der Waals surface area contributed by atoms with Gasteiger partial charge in [-0.25, -0.2) is 10.2 Å². The molecule has 0 spiro atoms. The molecule has 194 valence electrons. The Balaban J connectivity index is 1.63. The highest BCUT2D eigenvalue weighted by Gasteiger charge is 2.19. The maximum Gasteiger partial charge on any atom is 0.343 e. The average Bonchev–Trinajstić information content (AvgIpc) is 2.89. The lowest BCUT2D eigenvalue weighted by atomic mass is 10.1. The normalized spacial score (nSPS) is 11.5. The van der Waals surface area contributed by atoms with E-state index >= 15 is 0 Å². The van der Waals surface area contributed by atoms with Crippen LogP contribution in [-0.2, 0) is 4.79 Å². The minimum absolute atomic E-state index is 0.214. The molecule has 0 aliphatic heterocycles. The summed E-state index contributed by atoms with van der Waals surface area (Å²) in [4.78, 5) is 25.1. The number of carbonyl (C=O) groups is 2. The molecule has 0 aliphatic carbocycles. The fraction of sp³-hybridized carbons (Fsp3) is 0.222. The first-order valence-electron chi connectivity index (χ1n) is 11.1. The average molecular weight is 527 g/mol. The van der Waals surface area contributed by atoms with E-state index in [4.69, 9.17) is 35.3 Å². The Kier molecular flexibility index (Phi) is 9.34. The van der Waals surface area contributed by atoms with E-state index < -0.39 is 18.0 Å². The van der Waals surface area contributed by atoms with Crippen molar-refractivity contribution in [2.75, 3.05) is 21.3 Å². The highest BCUT2D eigenvalue weighted by Crippen LogP contribution is 2.38. The summed E-state index contributed by atoms with van der Waals surface area (Å²) in [7, 11) is 4.39. The van der Waals surface area contributed by atoms with Crippen LogP contribution in [0.1, 0.15) is 28.4 Å².